The smallest absolute Gasteiger partial charge is 0.122 e. The first-order valence-electron chi connectivity index (χ1n) is 8.83. The van der Waals surface area contributed by atoms with Crippen molar-refractivity contribution in [1.29, 1.82) is 0 Å². The maximum absolute atomic E-state index is 6.21. The van der Waals surface area contributed by atoms with Gasteiger partial charge in [-0.3, -0.25) is 4.90 Å². The summed E-state index contributed by atoms with van der Waals surface area (Å²) < 4.78 is 5.85. The molecule has 1 saturated heterocycles. The number of rotatable bonds is 7. The topological polar surface area (TPSA) is 38.5 Å². The van der Waals surface area contributed by atoms with Crippen molar-refractivity contribution in [3.63, 3.8) is 0 Å². The molecule has 1 aliphatic heterocycles. The summed E-state index contributed by atoms with van der Waals surface area (Å²) in [6.45, 7) is 10.4. The SMILES string of the molecule is CCOc1ccccc1C(CN)C1CCCCN1CC(C)C. The molecule has 0 radical (unpaired) electrons. The summed E-state index contributed by atoms with van der Waals surface area (Å²) in [5.41, 5.74) is 7.50. The number of nitrogens with zero attached hydrogens (tertiary/aromatic N) is 1. The Morgan fingerprint density at radius 1 is 1.27 bits per heavy atom. The highest BCUT2D eigenvalue weighted by atomic mass is 16.5. The molecule has 0 saturated carbocycles. The third-order valence-corrected chi connectivity index (χ3v) is 4.60. The summed E-state index contributed by atoms with van der Waals surface area (Å²) >= 11 is 0. The van der Waals surface area contributed by atoms with Crippen LogP contribution in [0.15, 0.2) is 24.3 Å². The quantitative estimate of drug-likeness (QED) is 0.836. The van der Waals surface area contributed by atoms with Gasteiger partial charge in [-0.2, -0.15) is 0 Å². The number of piperidine rings is 1. The van der Waals surface area contributed by atoms with E-state index in [-0.39, 0.29) is 0 Å². The van der Waals surface area contributed by atoms with Gasteiger partial charge in [-0.15, -0.1) is 0 Å². The van der Waals surface area contributed by atoms with Gasteiger partial charge in [-0.25, -0.2) is 0 Å². The van der Waals surface area contributed by atoms with E-state index in [1.54, 1.807) is 0 Å². The lowest BCUT2D eigenvalue weighted by atomic mass is 9.84. The standard InChI is InChI=1S/C19H32N2O/c1-4-22-19-11-6-5-9-16(19)17(13-20)18-10-7-8-12-21(18)14-15(2)3/h5-6,9,11,15,17-18H,4,7-8,10,12-14,20H2,1-3H3. The first kappa shape index (κ1) is 17.3. The van der Waals surface area contributed by atoms with Crippen molar-refractivity contribution in [2.75, 3.05) is 26.2 Å². The zero-order valence-corrected chi connectivity index (χ0v) is 14.4. The summed E-state index contributed by atoms with van der Waals surface area (Å²) in [5.74, 6) is 2.07. The van der Waals surface area contributed by atoms with Gasteiger partial charge in [0, 0.05) is 30.6 Å². The highest BCUT2D eigenvalue weighted by molar-refractivity contribution is 5.37. The molecule has 3 nitrogen and oxygen atoms in total. The van der Waals surface area contributed by atoms with Gasteiger partial charge in [0.25, 0.3) is 0 Å². The lowest BCUT2D eigenvalue weighted by Gasteiger charge is -2.41. The molecule has 1 aliphatic rings. The normalized spacial score (nSPS) is 21.0. The molecule has 0 bridgehead atoms. The third-order valence-electron chi connectivity index (χ3n) is 4.60. The molecule has 2 atom stereocenters. The van der Waals surface area contributed by atoms with Gasteiger partial charge in [-0.1, -0.05) is 38.5 Å². The maximum atomic E-state index is 6.21. The number of para-hydroxylation sites is 1. The number of likely N-dealkylation sites (tertiary alicyclic amines) is 1. The van der Waals surface area contributed by atoms with E-state index in [1.807, 2.05) is 6.92 Å². The molecule has 2 unspecified atom stereocenters. The van der Waals surface area contributed by atoms with Gasteiger partial charge in [0.1, 0.15) is 5.75 Å². The first-order valence-corrected chi connectivity index (χ1v) is 8.83. The molecule has 0 amide bonds. The van der Waals surface area contributed by atoms with Gasteiger partial charge in [0.05, 0.1) is 6.61 Å². The van der Waals surface area contributed by atoms with Crippen LogP contribution in [-0.4, -0.2) is 37.2 Å². The van der Waals surface area contributed by atoms with Crippen LogP contribution in [0.25, 0.3) is 0 Å². The molecule has 2 rings (SSSR count). The predicted octanol–water partition coefficient (Wildman–Crippen LogP) is 3.64. The van der Waals surface area contributed by atoms with Gasteiger partial charge in [-0.05, 0) is 38.3 Å². The van der Waals surface area contributed by atoms with E-state index in [9.17, 15) is 0 Å². The molecule has 22 heavy (non-hydrogen) atoms. The second-order valence-corrected chi connectivity index (χ2v) is 6.76. The Balaban J connectivity index is 2.25. The van der Waals surface area contributed by atoms with Gasteiger partial charge in [0.15, 0.2) is 0 Å². The van der Waals surface area contributed by atoms with Crippen LogP contribution in [0, 0.1) is 5.92 Å². The Bertz CT molecular complexity index is 447. The molecular formula is C19H32N2O. The molecule has 0 aliphatic carbocycles. The van der Waals surface area contributed by atoms with Crippen molar-refractivity contribution < 1.29 is 4.74 Å². The maximum Gasteiger partial charge on any atom is 0.122 e. The summed E-state index contributed by atoms with van der Waals surface area (Å²) in [7, 11) is 0. The molecule has 2 N–H and O–H groups in total. The fourth-order valence-electron chi connectivity index (χ4n) is 3.73. The van der Waals surface area contributed by atoms with Crippen molar-refractivity contribution in [3.05, 3.63) is 29.8 Å². The average molecular weight is 304 g/mol. The largest absolute Gasteiger partial charge is 0.494 e. The van der Waals surface area contributed by atoms with Crippen LogP contribution in [0.5, 0.6) is 5.75 Å². The van der Waals surface area contributed by atoms with Gasteiger partial charge >= 0.3 is 0 Å². The predicted molar refractivity (Wildman–Crippen MR) is 93.5 cm³/mol. The monoisotopic (exact) mass is 304 g/mol. The van der Waals surface area contributed by atoms with Crippen molar-refractivity contribution in [2.45, 2.75) is 52.0 Å². The number of ether oxygens (including phenoxy) is 1. The summed E-state index contributed by atoms with van der Waals surface area (Å²) in [4.78, 5) is 2.66. The van der Waals surface area contributed by atoms with Crippen LogP contribution in [0.2, 0.25) is 0 Å². The number of nitrogens with two attached hydrogens (primary N) is 1. The summed E-state index contributed by atoms with van der Waals surface area (Å²) in [6, 6.07) is 8.98. The summed E-state index contributed by atoms with van der Waals surface area (Å²) in [6.07, 6.45) is 3.87. The molecule has 1 fully saturated rings. The van der Waals surface area contributed by atoms with Gasteiger partial charge < -0.3 is 10.5 Å². The van der Waals surface area contributed by atoms with E-state index >= 15 is 0 Å². The molecule has 0 aromatic heterocycles. The molecular weight excluding hydrogens is 272 g/mol. The van der Waals surface area contributed by atoms with E-state index in [0.717, 1.165) is 12.3 Å². The lowest BCUT2D eigenvalue weighted by Crippen LogP contribution is -2.46. The fraction of sp³-hybridized carbons (Fsp3) is 0.684. The minimum atomic E-state index is 0.363. The zero-order chi connectivity index (χ0) is 15.9. The van der Waals surface area contributed by atoms with Crippen LogP contribution in [0.4, 0.5) is 0 Å². The van der Waals surface area contributed by atoms with Crippen LogP contribution in [-0.2, 0) is 0 Å². The Morgan fingerprint density at radius 2 is 2.05 bits per heavy atom. The highest BCUT2D eigenvalue weighted by Gasteiger charge is 2.31. The Morgan fingerprint density at radius 3 is 2.73 bits per heavy atom. The van der Waals surface area contributed by atoms with Gasteiger partial charge in [0.2, 0.25) is 0 Å². The van der Waals surface area contributed by atoms with Crippen LogP contribution < -0.4 is 10.5 Å². The molecule has 1 heterocycles. The zero-order valence-electron chi connectivity index (χ0n) is 14.4. The van der Waals surface area contributed by atoms with E-state index in [1.165, 1.54) is 31.4 Å². The minimum Gasteiger partial charge on any atom is -0.494 e. The highest BCUT2D eigenvalue weighted by Crippen LogP contribution is 2.35. The first-order chi connectivity index (χ1) is 10.7. The Kier molecular flexibility index (Phi) is 6.71. The molecule has 3 heteroatoms. The molecule has 1 aromatic carbocycles. The van der Waals surface area contributed by atoms with Crippen molar-refractivity contribution in [1.82, 2.24) is 4.90 Å². The third kappa shape index (κ3) is 4.23. The lowest BCUT2D eigenvalue weighted by molar-refractivity contribution is 0.111. The number of hydrogen-bond donors (Lipinski definition) is 1. The van der Waals surface area contributed by atoms with E-state index < -0.39 is 0 Å². The van der Waals surface area contributed by atoms with E-state index in [2.05, 4.69) is 43.0 Å². The molecule has 124 valence electrons. The number of hydrogen-bond acceptors (Lipinski definition) is 3. The van der Waals surface area contributed by atoms with E-state index in [0.29, 0.717) is 31.0 Å². The van der Waals surface area contributed by atoms with Crippen molar-refractivity contribution >= 4 is 0 Å². The summed E-state index contributed by atoms with van der Waals surface area (Å²) in [5, 5.41) is 0. The fourth-order valence-corrected chi connectivity index (χ4v) is 3.73. The Labute approximate surface area is 135 Å². The van der Waals surface area contributed by atoms with E-state index in [4.69, 9.17) is 10.5 Å². The van der Waals surface area contributed by atoms with Crippen molar-refractivity contribution in [2.24, 2.45) is 11.7 Å². The second-order valence-electron chi connectivity index (χ2n) is 6.76. The van der Waals surface area contributed by atoms with Crippen LogP contribution in [0.3, 0.4) is 0 Å². The Hall–Kier alpha value is -1.06. The van der Waals surface area contributed by atoms with Crippen LogP contribution in [0.1, 0.15) is 51.5 Å². The number of benzene rings is 1. The second kappa shape index (κ2) is 8.54. The van der Waals surface area contributed by atoms with Crippen molar-refractivity contribution in [3.8, 4) is 5.75 Å². The van der Waals surface area contributed by atoms with Crippen LogP contribution >= 0.6 is 0 Å². The average Bonchev–Trinajstić information content (AvgIpc) is 2.51. The minimum absolute atomic E-state index is 0.363. The molecule has 0 spiro atoms. The molecule has 1 aromatic rings.